The first-order valence-electron chi connectivity index (χ1n) is 9.42. The van der Waals surface area contributed by atoms with Crippen molar-refractivity contribution in [2.75, 3.05) is 36.4 Å². The van der Waals surface area contributed by atoms with Crippen LogP contribution in [0.15, 0.2) is 54.7 Å². The molecule has 144 valence electrons. The molecule has 0 atom stereocenters. The van der Waals surface area contributed by atoms with Crippen LogP contribution in [0.4, 0.5) is 17.5 Å². The Morgan fingerprint density at radius 1 is 1.00 bits per heavy atom. The summed E-state index contributed by atoms with van der Waals surface area (Å²) in [6.07, 6.45) is 1.73. The van der Waals surface area contributed by atoms with E-state index in [0.29, 0.717) is 11.0 Å². The number of benzene rings is 2. The zero-order chi connectivity index (χ0) is 19.3. The van der Waals surface area contributed by atoms with E-state index < -0.39 is 0 Å². The monoisotopic (exact) mass is 394 g/mol. The van der Waals surface area contributed by atoms with Crippen LogP contribution in [0.1, 0.15) is 11.1 Å². The van der Waals surface area contributed by atoms with Gasteiger partial charge in [0.2, 0.25) is 5.95 Å². The number of halogens is 1. The number of piperazine rings is 1. The van der Waals surface area contributed by atoms with Gasteiger partial charge in [0.25, 0.3) is 0 Å². The standard InChI is InChI=1S/C21H23ClN6/c1-16-18(22)8-5-9-19(16)24-21-25-20(14-23-26-21)28-12-10-27(11-13-28)15-17-6-3-2-4-7-17/h2-9,14H,10-13,15H2,1H3,(H,24,25,26). The summed E-state index contributed by atoms with van der Waals surface area (Å²) in [7, 11) is 0. The molecule has 0 radical (unpaired) electrons. The Kier molecular flexibility index (Phi) is 5.69. The molecule has 1 aliphatic rings. The molecule has 2 aromatic carbocycles. The van der Waals surface area contributed by atoms with Crippen molar-refractivity contribution in [3.05, 3.63) is 70.9 Å². The minimum Gasteiger partial charge on any atom is -0.353 e. The van der Waals surface area contributed by atoms with E-state index in [1.165, 1.54) is 5.56 Å². The fraction of sp³-hybridized carbons (Fsp3) is 0.286. The third-order valence-electron chi connectivity index (χ3n) is 5.01. The Bertz CT molecular complexity index is 925. The fourth-order valence-electron chi connectivity index (χ4n) is 3.34. The Hall–Kier alpha value is -2.70. The van der Waals surface area contributed by atoms with Crippen LogP contribution < -0.4 is 10.2 Å². The number of hydrogen-bond donors (Lipinski definition) is 1. The number of aromatic nitrogens is 3. The van der Waals surface area contributed by atoms with Crippen molar-refractivity contribution in [1.82, 2.24) is 20.1 Å². The van der Waals surface area contributed by atoms with E-state index in [4.69, 9.17) is 11.6 Å². The van der Waals surface area contributed by atoms with Crippen LogP contribution in [-0.2, 0) is 6.54 Å². The number of hydrogen-bond acceptors (Lipinski definition) is 6. The van der Waals surface area contributed by atoms with Gasteiger partial charge in [0.15, 0.2) is 5.82 Å². The number of rotatable bonds is 5. The second-order valence-electron chi connectivity index (χ2n) is 6.92. The van der Waals surface area contributed by atoms with Crippen molar-refractivity contribution in [3.63, 3.8) is 0 Å². The molecule has 0 aliphatic carbocycles. The molecule has 1 fully saturated rings. The largest absolute Gasteiger partial charge is 0.353 e. The average Bonchev–Trinajstić information content (AvgIpc) is 2.73. The molecule has 1 saturated heterocycles. The molecule has 0 spiro atoms. The van der Waals surface area contributed by atoms with Gasteiger partial charge in [-0.2, -0.15) is 10.1 Å². The molecule has 3 aromatic rings. The maximum atomic E-state index is 6.20. The third kappa shape index (κ3) is 4.40. The fourth-order valence-corrected chi connectivity index (χ4v) is 3.51. The Labute approximate surface area is 170 Å². The van der Waals surface area contributed by atoms with E-state index in [0.717, 1.165) is 49.8 Å². The van der Waals surface area contributed by atoms with Crippen LogP contribution in [-0.4, -0.2) is 46.3 Å². The lowest BCUT2D eigenvalue weighted by molar-refractivity contribution is 0.249. The van der Waals surface area contributed by atoms with E-state index in [9.17, 15) is 0 Å². The van der Waals surface area contributed by atoms with Crippen LogP contribution >= 0.6 is 11.6 Å². The second-order valence-corrected chi connectivity index (χ2v) is 7.33. The van der Waals surface area contributed by atoms with Crippen molar-refractivity contribution < 1.29 is 0 Å². The Morgan fingerprint density at radius 2 is 1.79 bits per heavy atom. The van der Waals surface area contributed by atoms with E-state index in [1.807, 2.05) is 25.1 Å². The van der Waals surface area contributed by atoms with Gasteiger partial charge < -0.3 is 10.2 Å². The molecule has 1 aromatic heterocycles. The predicted octanol–water partition coefficient (Wildman–Crippen LogP) is 3.90. The molecule has 0 unspecified atom stereocenters. The smallest absolute Gasteiger partial charge is 0.249 e. The normalized spacial score (nSPS) is 14.9. The number of nitrogens with zero attached hydrogens (tertiary/aromatic N) is 5. The van der Waals surface area contributed by atoms with Crippen LogP contribution in [0.5, 0.6) is 0 Å². The molecule has 0 amide bonds. The highest BCUT2D eigenvalue weighted by Crippen LogP contribution is 2.25. The van der Waals surface area contributed by atoms with Gasteiger partial charge in [-0.25, -0.2) is 0 Å². The molecular weight excluding hydrogens is 372 g/mol. The average molecular weight is 395 g/mol. The van der Waals surface area contributed by atoms with E-state index in [2.05, 4.69) is 60.6 Å². The van der Waals surface area contributed by atoms with Gasteiger partial charge in [0.1, 0.15) is 0 Å². The first-order chi connectivity index (χ1) is 13.7. The molecule has 0 bridgehead atoms. The van der Waals surface area contributed by atoms with Gasteiger partial charge in [0, 0.05) is 43.4 Å². The maximum absolute atomic E-state index is 6.20. The van der Waals surface area contributed by atoms with Crippen molar-refractivity contribution in [2.45, 2.75) is 13.5 Å². The molecule has 2 heterocycles. The molecule has 4 rings (SSSR count). The van der Waals surface area contributed by atoms with Crippen molar-refractivity contribution >= 4 is 29.1 Å². The first kappa shape index (κ1) is 18.7. The predicted molar refractivity (Wildman–Crippen MR) is 113 cm³/mol. The van der Waals surface area contributed by atoms with Gasteiger partial charge in [-0.3, -0.25) is 4.90 Å². The second kappa shape index (κ2) is 8.54. The van der Waals surface area contributed by atoms with Gasteiger partial charge in [-0.1, -0.05) is 48.0 Å². The highest BCUT2D eigenvalue weighted by atomic mass is 35.5. The molecule has 7 heteroatoms. The maximum Gasteiger partial charge on any atom is 0.249 e. The number of nitrogens with one attached hydrogen (secondary N) is 1. The number of anilines is 3. The van der Waals surface area contributed by atoms with Crippen LogP contribution in [0.2, 0.25) is 5.02 Å². The van der Waals surface area contributed by atoms with E-state index in [1.54, 1.807) is 6.20 Å². The summed E-state index contributed by atoms with van der Waals surface area (Å²) in [5.41, 5.74) is 3.20. The highest BCUT2D eigenvalue weighted by molar-refractivity contribution is 6.31. The minimum atomic E-state index is 0.481. The Morgan fingerprint density at radius 3 is 2.57 bits per heavy atom. The van der Waals surface area contributed by atoms with Gasteiger partial charge in [-0.05, 0) is 30.2 Å². The van der Waals surface area contributed by atoms with Gasteiger partial charge in [-0.15, -0.1) is 5.10 Å². The Balaban J connectivity index is 1.39. The summed E-state index contributed by atoms with van der Waals surface area (Å²) in [5, 5.41) is 12.2. The molecule has 6 nitrogen and oxygen atoms in total. The van der Waals surface area contributed by atoms with Crippen molar-refractivity contribution in [3.8, 4) is 0 Å². The lowest BCUT2D eigenvalue weighted by atomic mass is 10.2. The minimum absolute atomic E-state index is 0.481. The van der Waals surface area contributed by atoms with Crippen LogP contribution in [0.25, 0.3) is 0 Å². The molecule has 1 N–H and O–H groups in total. The summed E-state index contributed by atoms with van der Waals surface area (Å²) in [6.45, 7) is 6.78. The molecule has 1 aliphatic heterocycles. The SMILES string of the molecule is Cc1c(Cl)cccc1Nc1nncc(N2CCN(Cc3ccccc3)CC2)n1. The van der Waals surface area contributed by atoms with Gasteiger partial charge in [0.05, 0.1) is 6.20 Å². The lowest BCUT2D eigenvalue weighted by Gasteiger charge is -2.35. The summed E-state index contributed by atoms with van der Waals surface area (Å²) in [5.74, 6) is 1.33. The van der Waals surface area contributed by atoms with Crippen LogP contribution in [0.3, 0.4) is 0 Å². The quantitative estimate of drug-likeness (QED) is 0.708. The summed E-state index contributed by atoms with van der Waals surface area (Å²) < 4.78 is 0. The molecular formula is C21H23ClN6. The summed E-state index contributed by atoms with van der Waals surface area (Å²) in [4.78, 5) is 9.37. The van der Waals surface area contributed by atoms with Crippen molar-refractivity contribution in [1.29, 1.82) is 0 Å². The lowest BCUT2D eigenvalue weighted by Crippen LogP contribution is -2.46. The van der Waals surface area contributed by atoms with Crippen molar-refractivity contribution in [2.24, 2.45) is 0 Å². The molecule has 28 heavy (non-hydrogen) atoms. The first-order valence-corrected chi connectivity index (χ1v) is 9.80. The zero-order valence-corrected chi connectivity index (χ0v) is 16.6. The topological polar surface area (TPSA) is 57.2 Å². The van der Waals surface area contributed by atoms with Gasteiger partial charge >= 0.3 is 0 Å². The molecule has 0 saturated carbocycles. The highest BCUT2D eigenvalue weighted by Gasteiger charge is 2.19. The third-order valence-corrected chi connectivity index (χ3v) is 5.42. The summed E-state index contributed by atoms with van der Waals surface area (Å²) >= 11 is 6.20. The van der Waals surface area contributed by atoms with E-state index in [-0.39, 0.29) is 0 Å². The van der Waals surface area contributed by atoms with E-state index >= 15 is 0 Å². The summed E-state index contributed by atoms with van der Waals surface area (Å²) in [6, 6.07) is 16.3. The zero-order valence-electron chi connectivity index (χ0n) is 15.8. The van der Waals surface area contributed by atoms with Crippen LogP contribution in [0, 0.1) is 6.92 Å².